The highest BCUT2D eigenvalue weighted by molar-refractivity contribution is 5.75. The molecule has 0 bridgehead atoms. The van der Waals surface area contributed by atoms with Gasteiger partial charge in [-0.1, -0.05) is 13.8 Å². The van der Waals surface area contributed by atoms with Gasteiger partial charge in [-0.25, -0.2) is 14.4 Å². The summed E-state index contributed by atoms with van der Waals surface area (Å²) in [4.78, 5) is 42.9. The second-order valence-corrected chi connectivity index (χ2v) is 4.37. The minimum Gasteiger partial charge on any atom is -0.439 e. The first kappa shape index (κ1) is 16.2. The van der Waals surface area contributed by atoms with Crippen molar-refractivity contribution < 1.29 is 28.8 Å². The molecule has 0 radical (unpaired) electrons. The molecule has 1 amide bonds. The number of carbonyl (C=O) groups is 3. The van der Waals surface area contributed by atoms with Gasteiger partial charge in [0.15, 0.2) is 0 Å². The van der Waals surface area contributed by atoms with E-state index in [1.807, 2.05) is 0 Å². The van der Waals surface area contributed by atoms with Gasteiger partial charge in [0.2, 0.25) is 0 Å². The fraction of sp³-hybridized carbons (Fsp3) is 0.727. The van der Waals surface area contributed by atoms with Crippen molar-refractivity contribution in [2.45, 2.75) is 53.1 Å². The molecule has 0 aromatic carbocycles. The summed E-state index contributed by atoms with van der Waals surface area (Å²) in [5.74, 6) is -1.44. The second-order valence-electron chi connectivity index (χ2n) is 4.37. The van der Waals surface area contributed by atoms with Gasteiger partial charge in [0.05, 0.1) is 5.23 Å². The van der Waals surface area contributed by atoms with Gasteiger partial charge >= 0.3 is 18.0 Å². The maximum Gasteiger partial charge on any atom is 0.480 e. The first-order chi connectivity index (χ1) is 8.19. The predicted molar refractivity (Wildman–Crippen MR) is 60.8 cm³/mol. The van der Waals surface area contributed by atoms with Crippen molar-refractivity contribution in [1.82, 2.24) is 5.23 Å². The van der Waals surface area contributed by atoms with E-state index in [9.17, 15) is 14.4 Å². The van der Waals surface area contributed by atoms with Gasteiger partial charge in [-0.2, -0.15) is 0 Å². The van der Waals surface area contributed by atoms with E-state index in [1.54, 1.807) is 20.8 Å². The molecule has 0 aliphatic heterocycles. The quantitative estimate of drug-likeness (QED) is 0.707. The van der Waals surface area contributed by atoms with Crippen molar-refractivity contribution in [2.75, 3.05) is 0 Å². The van der Waals surface area contributed by atoms with Crippen LogP contribution in [-0.2, 0) is 24.0 Å². The Hall–Kier alpha value is -1.79. The summed E-state index contributed by atoms with van der Waals surface area (Å²) in [6, 6.07) is 0. The lowest BCUT2D eigenvalue weighted by Crippen LogP contribution is -2.39. The van der Waals surface area contributed by atoms with Crippen molar-refractivity contribution in [1.29, 1.82) is 0 Å². The smallest absolute Gasteiger partial charge is 0.439 e. The van der Waals surface area contributed by atoms with Crippen LogP contribution >= 0.6 is 0 Å². The summed E-state index contributed by atoms with van der Waals surface area (Å²) >= 11 is 0. The zero-order valence-electron chi connectivity index (χ0n) is 11.3. The van der Waals surface area contributed by atoms with Gasteiger partial charge in [-0.05, 0) is 20.8 Å². The summed E-state index contributed by atoms with van der Waals surface area (Å²) < 4.78 is 4.92. The number of amides is 1. The summed E-state index contributed by atoms with van der Waals surface area (Å²) in [7, 11) is 0. The highest BCUT2D eigenvalue weighted by Crippen LogP contribution is 2.11. The predicted octanol–water partition coefficient (Wildman–Crippen LogP) is 1.96. The van der Waals surface area contributed by atoms with Crippen LogP contribution in [0.1, 0.15) is 47.5 Å². The molecule has 0 saturated heterocycles. The van der Waals surface area contributed by atoms with Crippen molar-refractivity contribution in [3.63, 3.8) is 0 Å². The topological polar surface area (TPSA) is 82.1 Å². The standard InChI is InChI=1S/C11H19NO6/c1-6-8(13)17-12(18-9(14)7-2)10(15)16-11(3,4)5/h6-7H2,1-5H3. The fourth-order valence-electron chi connectivity index (χ4n) is 0.706. The first-order valence-electron chi connectivity index (χ1n) is 5.64. The lowest BCUT2D eigenvalue weighted by Gasteiger charge is -2.24. The number of ether oxygens (including phenoxy) is 1. The first-order valence-corrected chi connectivity index (χ1v) is 5.64. The molecule has 0 aliphatic carbocycles. The highest BCUT2D eigenvalue weighted by Gasteiger charge is 2.28. The van der Waals surface area contributed by atoms with Gasteiger partial charge in [-0.3, -0.25) is 0 Å². The Bertz CT molecular complexity index is 302. The Morgan fingerprint density at radius 1 is 0.944 bits per heavy atom. The van der Waals surface area contributed by atoms with Crippen LogP contribution in [0.25, 0.3) is 0 Å². The van der Waals surface area contributed by atoms with Gasteiger partial charge in [-0.15, -0.1) is 0 Å². The van der Waals surface area contributed by atoms with Crippen molar-refractivity contribution in [3.8, 4) is 0 Å². The molecule has 0 heterocycles. The van der Waals surface area contributed by atoms with E-state index < -0.39 is 23.6 Å². The third-order valence-electron chi connectivity index (χ3n) is 1.49. The molecule has 0 saturated carbocycles. The molecule has 0 aliphatic rings. The molecule has 0 N–H and O–H groups in total. The number of carbonyl (C=O) groups excluding carboxylic acids is 3. The van der Waals surface area contributed by atoms with Crippen molar-refractivity contribution >= 4 is 18.0 Å². The largest absolute Gasteiger partial charge is 0.480 e. The number of rotatable bonds is 2. The summed E-state index contributed by atoms with van der Waals surface area (Å²) in [5, 5.41) is 0.170. The molecule has 0 atom stereocenters. The number of hydroxylamine groups is 2. The normalized spacial score (nSPS) is 10.5. The SMILES string of the molecule is CCC(=O)ON(OC(=O)CC)C(=O)OC(C)(C)C. The Balaban J connectivity index is 4.69. The fourth-order valence-corrected chi connectivity index (χ4v) is 0.706. The average Bonchev–Trinajstić information content (AvgIpc) is 2.25. The van der Waals surface area contributed by atoms with E-state index in [2.05, 4.69) is 9.68 Å². The third kappa shape index (κ3) is 6.72. The molecule has 104 valence electrons. The maximum absolute atomic E-state index is 11.6. The second kappa shape index (κ2) is 6.83. The molecular formula is C11H19NO6. The maximum atomic E-state index is 11.6. The average molecular weight is 261 g/mol. The van der Waals surface area contributed by atoms with Crippen LogP contribution in [0.3, 0.4) is 0 Å². The van der Waals surface area contributed by atoms with Gasteiger partial charge < -0.3 is 14.4 Å². The molecule has 0 spiro atoms. The molecule has 0 fully saturated rings. The summed E-state index contributed by atoms with van der Waals surface area (Å²) in [6.45, 7) is 7.97. The molecule has 7 nitrogen and oxygen atoms in total. The Labute approximate surface area is 106 Å². The third-order valence-corrected chi connectivity index (χ3v) is 1.49. The molecule has 7 heteroatoms. The van der Waals surface area contributed by atoms with Crippen LogP contribution in [-0.4, -0.2) is 28.9 Å². The number of nitrogens with zero attached hydrogens (tertiary/aromatic N) is 1. The Morgan fingerprint density at radius 2 is 1.33 bits per heavy atom. The van der Waals surface area contributed by atoms with Crippen LogP contribution in [0, 0.1) is 0 Å². The molecular weight excluding hydrogens is 242 g/mol. The van der Waals surface area contributed by atoms with E-state index in [1.165, 1.54) is 13.8 Å². The molecule has 0 aromatic heterocycles. The lowest BCUT2D eigenvalue weighted by atomic mass is 10.2. The summed E-state index contributed by atoms with van der Waals surface area (Å²) in [6.07, 6.45) is -1.00. The van der Waals surface area contributed by atoms with Gasteiger partial charge in [0.25, 0.3) is 0 Å². The molecule has 0 unspecified atom stereocenters. The van der Waals surface area contributed by atoms with Crippen molar-refractivity contribution in [3.05, 3.63) is 0 Å². The Morgan fingerprint density at radius 3 is 1.61 bits per heavy atom. The van der Waals surface area contributed by atoms with Crippen LogP contribution in [0.15, 0.2) is 0 Å². The van der Waals surface area contributed by atoms with Crippen LogP contribution < -0.4 is 0 Å². The highest BCUT2D eigenvalue weighted by atomic mass is 17.0. The minimum atomic E-state index is -1.06. The number of hydrogen-bond acceptors (Lipinski definition) is 6. The van der Waals surface area contributed by atoms with E-state index in [-0.39, 0.29) is 18.1 Å². The van der Waals surface area contributed by atoms with E-state index >= 15 is 0 Å². The Kier molecular flexibility index (Phi) is 6.15. The lowest BCUT2D eigenvalue weighted by molar-refractivity contribution is -0.302. The molecule has 0 aromatic rings. The number of hydrogen-bond donors (Lipinski definition) is 0. The minimum absolute atomic E-state index is 0.0307. The monoisotopic (exact) mass is 261 g/mol. The van der Waals surface area contributed by atoms with E-state index in [0.29, 0.717) is 0 Å². The van der Waals surface area contributed by atoms with Crippen LogP contribution in [0.4, 0.5) is 4.79 Å². The summed E-state index contributed by atoms with van der Waals surface area (Å²) in [5.41, 5.74) is -0.799. The van der Waals surface area contributed by atoms with E-state index in [4.69, 9.17) is 4.74 Å². The zero-order chi connectivity index (χ0) is 14.3. The zero-order valence-corrected chi connectivity index (χ0v) is 11.3. The van der Waals surface area contributed by atoms with Gasteiger partial charge in [0, 0.05) is 12.8 Å². The molecule has 0 rings (SSSR count). The van der Waals surface area contributed by atoms with Crippen LogP contribution in [0.2, 0.25) is 0 Å². The van der Waals surface area contributed by atoms with Crippen LogP contribution in [0.5, 0.6) is 0 Å². The molecule has 18 heavy (non-hydrogen) atoms. The van der Waals surface area contributed by atoms with Gasteiger partial charge in [0.1, 0.15) is 5.60 Å². The van der Waals surface area contributed by atoms with Crippen molar-refractivity contribution in [2.24, 2.45) is 0 Å². The van der Waals surface area contributed by atoms with E-state index in [0.717, 1.165) is 0 Å².